The van der Waals surface area contributed by atoms with Gasteiger partial charge in [-0.3, -0.25) is 9.59 Å². The summed E-state index contributed by atoms with van der Waals surface area (Å²) in [6, 6.07) is 9.53. The monoisotopic (exact) mass is 256 g/mol. The molecule has 0 heterocycles. The Morgan fingerprint density at radius 3 is 2.31 bits per heavy atom. The summed E-state index contributed by atoms with van der Waals surface area (Å²) in [5.41, 5.74) is 0.993. The molecule has 1 unspecified atom stereocenters. The smallest absolute Gasteiger partial charge is 0.238 e. The van der Waals surface area contributed by atoms with Crippen LogP contribution in [0, 0.1) is 0 Å². The summed E-state index contributed by atoms with van der Waals surface area (Å²) in [6.07, 6.45) is 0.459. The fourth-order valence-electron chi connectivity index (χ4n) is 1.45. The Balaban J connectivity index is 2.87. The number of hydrogen-bond acceptors (Lipinski definition) is 3. The maximum absolute atomic E-state index is 11.4. The van der Waals surface area contributed by atoms with E-state index in [0.29, 0.717) is 6.42 Å². The van der Waals surface area contributed by atoms with E-state index in [2.05, 4.69) is 0 Å². The van der Waals surface area contributed by atoms with Crippen LogP contribution in [0.2, 0.25) is 0 Å². The minimum absolute atomic E-state index is 0.104. The van der Waals surface area contributed by atoms with Crippen molar-refractivity contribution >= 4 is 33.7 Å². The quantitative estimate of drug-likeness (QED) is 0.777. The first kappa shape index (κ1) is 13.3. The molecule has 1 rings (SSSR count). The molecule has 1 atom stereocenters. The van der Waals surface area contributed by atoms with E-state index in [1.807, 2.05) is 30.3 Å². The molecule has 0 aliphatic rings. The summed E-state index contributed by atoms with van der Waals surface area (Å²) < 4.78 is -0.880. The summed E-state index contributed by atoms with van der Waals surface area (Å²) in [5, 5.41) is -0.594. The topological polar surface area (TPSA) is 34.1 Å². The van der Waals surface area contributed by atoms with Gasteiger partial charge in [-0.25, -0.2) is 0 Å². The normalized spacial score (nSPS) is 14.2. The van der Waals surface area contributed by atoms with Gasteiger partial charge in [0.1, 0.15) is 0 Å². The number of benzene rings is 1. The molecule has 0 aliphatic carbocycles. The van der Waals surface area contributed by atoms with E-state index in [0.717, 1.165) is 17.3 Å². The third-order valence-electron chi connectivity index (χ3n) is 2.17. The van der Waals surface area contributed by atoms with Gasteiger partial charge in [0.2, 0.25) is 5.24 Å². The zero-order valence-corrected chi connectivity index (χ0v) is 10.8. The third kappa shape index (κ3) is 3.65. The minimum atomic E-state index is -0.880. The van der Waals surface area contributed by atoms with Gasteiger partial charge in [0, 0.05) is 6.92 Å². The number of carbonyl (C=O) groups is 2. The highest BCUT2D eigenvalue weighted by molar-refractivity contribution is 8.15. The predicted molar refractivity (Wildman–Crippen MR) is 67.7 cm³/mol. The zero-order chi connectivity index (χ0) is 12.2. The fourth-order valence-corrected chi connectivity index (χ4v) is 2.58. The Morgan fingerprint density at radius 1 is 1.31 bits per heavy atom. The van der Waals surface area contributed by atoms with Crippen molar-refractivity contribution in [2.45, 2.75) is 25.0 Å². The molecule has 0 aromatic heterocycles. The van der Waals surface area contributed by atoms with Crippen LogP contribution in [0.5, 0.6) is 0 Å². The van der Waals surface area contributed by atoms with Gasteiger partial charge in [-0.1, -0.05) is 42.1 Å². The van der Waals surface area contributed by atoms with Crippen molar-refractivity contribution in [3.8, 4) is 0 Å². The van der Waals surface area contributed by atoms with Gasteiger partial charge in [0.15, 0.2) is 5.12 Å². The lowest BCUT2D eigenvalue weighted by Crippen LogP contribution is -2.32. The van der Waals surface area contributed by atoms with E-state index in [4.69, 9.17) is 11.6 Å². The molecule has 0 N–H and O–H groups in total. The van der Waals surface area contributed by atoms with Crippen LogP contribution in [0.1, 0.15) is 19.4 Å². The van der Waals surface area contributed by atoms with E-state index in [-0.39, 0.29) is 5.12 Å². The van der Waals surface area contributed by atoms with Crippen LogP contribution in [-0.4, -0.2) is 15.1 Å². The lowest BCUT2D eigenvalue weighted by atomic mass is 10.0. The van der Waals surface area contributed by atoms with E-state index in [1.54, 1.807) is 6.92 Å². The van der Waals surface area contributed by atoms with Gasteiger partial charge in [0.05, 0.1) is 4.75 Å². The van der Waals surface area contributed by atoms with Crippen LogP contribution in [0.4, 0.5) is 0 Å². The molecule has 16 heavy (non-hydrogen) atoms. The lowest BCUT2D eigenvalue weighted by Gasteiger charge is -2.23. The summed E-state index contributed by atoms with van der Waals surface area (Å²) in [4.78, 5) is 22.5. The molecule has 0 radical (unpaired) electrons. The SMILES string of the molecule is CC(=O)SC(C)(Cc1ccccc1)C(=O)Cl. The first-order valence-electron chi connectivity index (χ1n) is 4.87. The second-order valence-electron chi connectivity index (χ2n) is 3.76. The van der Waals surface area contributed by atoms with Crippen molar-refractivity contribution in [1.82, 2.24) is 0 Å². The Kier molecular flexibility index (Phi) is 4.56. The Labute approximate surface area is 104 Å². The molecule has 0 amide bonds. The molecule has 2 nitrogen and oxygen atoms in total. The number of carbonyl (C=O) groups excluding carboxylic acids is 2. The zero-order valence-electron chi connectivity index (χ0n) is 9.20. The number of halogens is 1. The molecule has 1 aromatic carbocycles. The maximum atomic E-state index is 11.4. The standard InChI is InChI=1S/C12H13ClO2S/c1-9(14)16-12(2,11(13)15)8-10-6-4-3-5-7-10/h3-7H,8H2,1-2H3. The van der Waals surface area contributed by atoms with E-state index in [9.17, 15) is 9.59 Å². The molecule has 0 saturated carbocycles. The second kappa shape index (κ2) is 5.51. The van der Waals surface area contributed by atoms with Crippen molar-refractivity contribution in [1.29, 1.82) is 0 Å². The number of thioether (sulfide) groups is 1. The van der Waals surface area contributed by atoms with Crippen molar-refractivity contribution in [3.63, 3.8) is 0 Å². The average molecular weight is 257 g/mol. The van der Waals surface area contributed by atoms with Crippen molar-refractivity contribution < 1.29 is 9.59 Å². The minimum Gasteiger partial charge on any atom is -0.288 e. The lowest BCUT2D eigenvalue weighted by molar-refractivity contribution is -0.114. The van der Waals surface area contributed by atoms with Crippen LogP contribution in [-0.2, 0) is 16.0 Å². The molecule has 4 heteroatoms. The molecule has 86 valence electrons. The largest absolute Gasteiger partial charge is 0.288 e. The Morgan fingerprint density at radius 2 is 1.88 bits per heavy atom. The molecule has 1 aromatic rings. The highest BCUT2D eigenvalue weighted by Crippen LogP contribution is 2.32. The van der Waals surface area contributed by atoms with Crippen LogP contribution in [0.3, 0.4) is 0 Å². The average Bonchev–Trinajstić information content (AvgIpc) is 2.17. The molecule has 0 aliphatic heterocycles. The van der Waals surface area contributed by atoms with Gasteiger partial charge < -0.3 is 0 Å². The van der Waals surface area contributed by atoms with Crippen LogP contribution >= 0.6 is 23.4 Å². The van der Waals surface area contributed by atoms with Crippen LogP contribution < -0.4 is 0 Å². The summed E-state index contributed by atoms with van der Waals surface area (Å²) >= 11 is 6.55. The van der Waals surface area contributed by atoms with Gasteiger partial charge in [-0.2, -0.15) is 0 Å². The van der Waals surface area contributed by atoms with Gasteiger partial charge >= 0.3 is 0 Å². The molecule has 0 fully saturated rings. The number of rotatable bonds is 4. The maximum Gasteiger partial charge on any atom is 0.238 e. The predicted octanol–water partition coefficient (Wildman–Crippen LogP) is 3.03. The second-order valence-corrected chi connectivity index (χ2v) is 5.78. The van der Waals surface area contributed by atoms with Crippen LogP contribution in [0.25, 0.3) is 0 Å². The third-order valence-corrected chi connectivity index (χ3v) is 3.77. The fraction of sp³-hybridized carbons (Fsp3) is 0.333. The summed E-state index contributed by atoms with van der Waals surface area (Å²) in [6.45, 7) is 3.13. The van der Waals surface area contributed by atoms with Crippen molar-refractivity contribution in [3.05, 3.63) is 35.9 Å². The molecule has 0 saturated heterocycles. The summed E-state index contributed by atoms with van der Waals surface area (Å²) in [5.74, 6) is 0. The molecular weight excluding hydrogens is 244 g/mol. The van der Waals surface area contributed by atoms with Crippen molar-refractivity contribution in [2.75, 3.05) is 0 Å². The first-order valence-corrected chi connectivity index (χ1v) is 6.07. The van der Waals surface area contributed by atoms with Crippen molar-refractivity contribution in [2.24, 2.45) is 0 Å². The van der Waals surface area contributed by atoms with Gasteiger partial charge in [0.25, 0.3) is 0 Å². The first-order chi connectivity index (χ1) is 7.44. The highest BCUT2D eigenvalue weighted by Gasteiger charge is 2.34. The highest BCUT2D eigenvalue weighted by atomic mass is 35.5. The Hall–Kier alpha value is -0.800. The van der Waals surface area contributed by atoms with E-state index < -0.39 is 9.99 Å². The Bertz CT molecular complexity index is 391. The van der Waals surface area contributed by atoms with Gasteiger partial charge in [-0.15, -0.1) is 0 Å². The molecule has 0 bridgehead atoms. The van der Waals surface area contributed by atoms with E-state index >= 15 is 0 Å². The molecule has 0 spiro atoms. The number of hydrogen-bond donors (Lipinski definition) is 0. The summed E-state index contributed by atoms with van der Waals surface area (Å²) in [7, 11) is 0. The van der Waals surface area contributed by atoms with E-state index in [1.165, 1.54) is 6.92 Å². The molecular formula is C12H13ClO2S. The van der Waals surface area contributed by atoms with Gasteiger partial charge in [-0.05, 0) is 30.5 Å². The van der Waals surface area contributed by atoms with Crippen LogP contribution in [0.15, 0.2) is 30.3 Å².